The quantitative estimate of drug-likeness (QED) is 0.153. The fourth-order valence-corrected chi connectivity index (χ4v) is 4.34. The zero-order chi connectivity index (χ0) is 31.5. The molecular formula is C35H32N2O7. The van der Waals surface area contributed by atoms with Gasteiger partial charge in [-0.1, -0.05) is 42.5 Å². The van der Waals surface area contributed by atoms with E-state index in [-0.39, 0.29) is 11.5 Å². The van der Waals surface area contributed by atoms with Crippen molar-refractivity contribution >= 4 is 35.4 Å². The second-order valence-corrected chi connectivity index (χ2v) is 9.27. The monoisotopic (exact) mass is 592 g/mol. The first-order chi connectivity index (χ1) is 21.4. The standard InChI is InChI=1S/C35H32N2O7/c1-41-30-14-8-12-24(32(30)43-3)18-21-29(38)23-16-19-27(20-17-23)36-35(40)28(37-34(39)25-10-6-5-7-11-25)22-26-13-9-15-31(42-2)33(26)44-4/h5-22H,1-4H3,(H,36,40)(H,37,39)/b21-18+,28-22-. The molecule has 44 heavy (non-hydrogen) atoms. The summed E-state index contributed by atoms with van der Waals surface area (Å²) < 4.78 is 21.6. The van der Waals surface area contributed by atoms with Crippen LogP contribution >= 0.6 is 0 Å². The second kappa shape index (κ2) is 14.9. The molecule has 2 N–H and O–H groups in total. The van der Waals surface area contributed by atoms with E-state index in [1.54, 1.807) is 98.1 Å². The van der Waals surface area contributed by atoms with Crippen molar-refractivity contribution in [3.05, 3.63) is 125 Å². The van der Waals surface area contributed by atoms with Gasteiger partial charge in [-0.15, -0.1) is 0 Å². The van der Waals surface area contributed by atoms with Crippen molar-refractivity contribution in [2.45, 2.75) is 0 Å². The third kappa shape index (κ3) is 7.51. The van der Waals surface area contributed by atoms with Crippen LogP contribution in [0.25, 0.3) is 12.2 Å². The molecule has 0 saturated carbocycles. The summed E-state index contributed by atoms with van der Waals surface area (Å²) in [5.41, 5.74) is 2.39. The predicted octanol–water partition coefficient (Wildman–Crippen LogP) is 6.03. The lowest BCUT2D eigenvalue weighted by Gasteiger charge is -2.14. The van der Waals surface area contributed by atoms with Crippen LogP contribution in [0.2, 0.25) is 0 Å². The topological polar surface area (TPSA) is 112 Å². The van der Waals surface area contributed by atoms with Gasteiger partial charge in [-0.05, 0) is 66.8 Å². The number of carbonyl (C=O) groups is 3. The van der Waals surface area contributed by atoms with Gasteiger partial charge in [-0.25, -0.2) is 0 Å². The SMILES string of the molecule is COc1cccc(/C=C(\NC(=O)c2ccccc2)C(=O)Nc2ccc(C(=O)/C=C/c3cccc(OC)c3OC)cc2)c1OC. The van der Waals surface area contributed by atoms with Gasteiger partial charge < -0.3 is 29.6 Å². The maximum Gasteiger partial charge on any atom is 0.272 e. The fraction of sp³-hybridized carbons (Fsp3) is 0.114. The third-order valence-corrected chi connectivity index (χ3v) is 6.54. The van der Waals surface area contributed by atoms with Crippen molar-refractivity contribution in [2.24, 2.45) is 0 Å². The average Bonchev–Trinajstić information content (AvgIpc) is 3.06. The first-order valence-corrected chi connectivity index (χ1v) is 13.5. The van der Waals surface area contributed by atoms with Crippen LogP contribution in [-0.2, 0) is 4.79 Å². The Bertz CT molecular complexity index is 1690. The molecule has 0 radical (unpaired) electrons. The van der Waals surface area contributed by atoms with Crippen LogP contribution in [-0.4, -0.2) is 46.0 Å². The summed E-state index contributed by atoms with van der Waals surface area (Å²) in [6, 6.07) is 25.5. The highest BCUT2D eigenvalue weighted by Gasteiger charge is 2.18. The Morgan fingerprint density at radius 3 is 1.80 bits per heavy atom. The van der Waals surface area contributed by atoms with Gasteiger partial charge in [-0.2, -0.15) is 0 Å². The molecule has 9 heteroatoms. The summed E-state index contributed by atoms with van der Waals surface area (Å²) in [5.74, 6) is 0.657. The number of nitrogens with one attached hydrogen (secondary N) is 2. The minimum Gasteiger partial charge on any atom is -0.493 e. The van der Waals surface area contributed by atoms with Crippen molar-refractivity contribution in [3.63, 3.8) is 0 Å². The van der Waals surface area contributed by atoms with Gasteiger partial charge in [0.05, 0.1) is 28.4 Å². The van der Waals surface area contributed by atoms with Gasteiger partial charge >= 0.3 is 0 Å². The molecule has 2 amide bonds. The summed E-state index contributed by atoms with van der Waals surface area (Å²) in [7, 11) is 6.08. The van der Waals surface area contributed by atoms with Gasteiger partial charge in [0.15, 0.2) is 28.8 Å². The van der Waals surface area contributed by atoms with E-state index in [0.717, 1.165) is 0 Å². The summed E-state index contributed by atoms with van der Waals surface area (Å²) in [6.07, 6.45) is 4.60. The number of ether oxygens (including phenoxy) is 4. The lowest BCUT2D eigenvalue weighted by molar-refractivity contribution is -0.113. The minimum absolute atomic E-state index is 0.0271. The Morgan fingerprint density at radius 1 is 0.614 bits per heavy atom. The second-order valence-electron chi connectivity index (χ2n) is 9.27. The van der Waals surface area contributed by atoms with Gasteiger partial charge in [0, 0.05) is 27.9 Å². The molecule has 0 saturated heterocycles. The van der Waals surface area contributed by atoms with Gasteiger partial charge in [-0.3, -0.25) is 14.4 Å². The molecule has 0 aliphatic heterocycles. The first kappa shape index (κ1) is 31.1. The molecule has 9 nitrogen and oxygen atoms in total. The van der Waals surface area contributed by atoms with E-state index in [0.29, 0.717) is 50.9 Å². The Balaban J connectivity index is 1.55. The molecular weight excluding hydrogens is 560 g/mol. The summed E-state index contributed by atoms with van der Waals surface area (Å²) in [4.78, 5) is 39.3. The van der Waals surface area contributed by atoms with Crippen LogP contribution in [0.5, 0.6) is 23.0 Å². The molecule has 4 rings (SSSR count). The average molecular weight is 593 g/mol. The Hall–Kier alpha value is -5.83. The molecule has 0 aliphatic carbocycles. The van der Waals surface area contributed by atoms with Crippen molar-refractivity contribution in [3.8, 4) is 23.0 Å². The molecule has 0 atom stereocenters. The lowest BCUT2D eigenvalue weighted by atomic mass is 10.1. The van der Waals surface area contributed by atoms with E-state index in [9.17, 15) is 14.4 Å². The van der Waals surface area contributed by atoms with Crippen molar-refractivity contribution < 1.29 is 33.3 Å². The smallest absolute Gasteiger partial charge is 0.272 e. The van der Waals surface area contributed by atoms with Crippen LogP contribution in [0.3, 0.4) is 0 Å². The largest absolute Gasteiger partial charge is 0.493 e. The van der Waals surface area contributed by atoms with Gasteiger partial charge in [0.25, 0.3) is 11.8 Å². The highest BCUT2D eigenvalue weighted by Crippen LogP contribution is 2.33. The fourth-order valence-electron chi connectivity index (χ4n) is 4.34. The first-order valence-electron chi connectivity index (χ1n) is 13.5. The van der Waals surface area contributed by atoms with Crippen LogP contribution in [0.1, 0.15) is 31.8 Å². The number of para-hydroxylation sites is 2. The molecule has 0 heterocycles. The molecule has 0 bridgehead atoms. The van der Waals surface area contributed by atoms with Gasteiger partial charge in [0.2, 0.25) is 0 Å². The zero-order valence-electron chi connectivity index (χ0n) is 24.8. The maximum absolute atomic E-state index is 13.5. The highest BCUT2D eigenvalue weighted by atomic mass is 16.5. The van der Waals surface area contributed by atoms with E-state index < -0.39 is 11.8 Å². The summed E-state index contributed by atoms with van der Waals surface area (Å²) in [5, 5.41) is 5.48. The molecule has 4 aromatic rings. The van der Waals surface area contributed by atoms with Crippen LogP contribution in [0.15, 0.2) is 103 Å². The normalized spacial score (nSPS) is 11.0. The van der Waals surface area contributed by atoms with E-state index in [1.807, 2.05) is 6.07 Å². The minimum atomic E-state index is -0.580. The lowest BCUT2D eigenvalue weighted by Crippen LogP contribution is -2.30. The van der Waals surface area contributed by atoms with Crippen molar-refractivity contribution in [1.29, 1.82) is 0 Å². The van der Waals surface area contributed by atoms with Crippen LogP contribution < -0.4 is 29.6 Å². The van der Waals surface area contributed by atoms with E-state index in [2.05, 4.69) is 10.6 Å². The molecule has 0 fully saturated rings. The highest BCUT2D eigenvalue weighted by molar-refractivity contribution is 6.11. The Morgan fingerprint density at radius 2 is 1.20 bits per heavy atom. The van der Waals surface area contributed by atoms with Crippen LogP contribution in [0, 0.1) is 0 Å². The molecule has 224 valence electrons. The maximum atomic E-state index is 13.5. The van der Waals surface area contributed by atoms with Crippen LogP contribution in [0.4, 0.5) is 5.69 Å². The van der Waals surface area contributed by atoms with Crippen molar-refractivity contribution in [1.82, 2.24) is 5.32 Å². The Kier molecular flexibility index (Phi) is 10.5. The van der Waals surface area contributed by atoms with Gasteiger partial charge in [0.1, 0.15) is 5.70 Å². The molecule has 0 unspecified atom stereocenters. The zero-order valence-corrected chi connectivity index (χ0v) is 24.8. The number of allylic oxidation sites excluding steroid dienone is 1. The Labute approximate surface area is 255 Å². The third-order valence-electron chi connectivity index (χ3n) is 6.54. The molecule has 0 spiro atoms. The van der Waals surface area contributed by atoms with E-state index in [4.69, 9.17) is 18.9 Å². The number of amides is 2. The van der Waals surface area contributed by atoms with E-state index >= 15 is 0 Å². The molecule has 0 aromatic heterocycles. The number of methoxy groups -OCH3 is 4. The number of carbonyl (C=O) groups excluding carboxylic acids is 3. The van der Waals surface area contributed by atoms with Crippen molar-refractivity contribution in [2.75, 3.05) is 33.8 Å². The molecule has 4 aromatic carbocycles. The molecule has 0 aliphatic rings. The number of hydrogen-bond acceptors (Lipinski definition) is 7. The summed E-state index contributed by atoms with van der Waals surface area (Å²) >= 11 is 0. The number of anilines is 1. The number of ketones is 1. The number of rotatable bonds is 12. The number of benzene rings is 4. The summed E-state index contributed by atoms with van der Waals surface area (Å²) in [6.45, 7) is 0. The predicted molar refractivity (Wildman–Crippen MR) is 169 cm³/mol. The number of hydrogen-bond donors (Lipinski definition) is 2. The van der Waals surface area contributed by atoms with E-state index in [1.165, 1.54) is 33.5 Å².